The molecule has 1 fully saturated rings. The van der Waals surface area contributed by atoms with Crippen molar-refractivity contribution in [1.82, 2.24) is 0 Å². The van der Waals surface area contributed by atoms with Crippen LogP contribution in [0.25, 0.3) is 11.1 Å². The first-order valence-electron chi connectivity index (χ1n) is 7.22. The Kier molecular flexibility index (Phi) is 3.75. The minimum absolute atomic E-state index is 0.424. The molecule has 0 radical (unpaired) electrons. The Hall–Kier alpha value is -2.50. The third-order valence-corrected chi connectivity index (χ3v) is 4.18. The Labute approximate surface area is 133 Å². The maximum absolute atomic E-state index is 11.8. The second-order valence-corrected chi connectivity index (χ2v) is 5.73. The van der Waals surface area contributed by atoms with Crippen molar-refractivity contribution >= 4 is 11.8 Å². The fourth-order valence-corrected chi connectivity index (χ4v) is 2.84. The lowest BCUT2D eigenvalue weighted by Gasteiger charge is -2.29. The van der Waals surface area contributed by atoms with E-state index in [9.17, 15) is 19.8 Å². The van der Waals surface area contributed by atoms with Crippen molar-refractivity contribution < 1.29 is 24.5 Å². The Morgan fingerprint density at radius 1 is 0.957 bits per heavy atom. The van der Waals surface area contributed by atoms with Crippen molar-refractivity contribution in [3.05, 3.63) is 60.2 Å². The second-order valence-electron chi connectivity index (χ2n) is 5.73. The van der Waals surface area contributed by atoms with Gasteiger partial charge in [0.25, 0.3) is 5.78 Å². The summed E-state index contributed by atoms with van der Waals surface area (Å²) in [5.74, 6) is -3.38. The van der Waals surface area contributed by atoms with Gasteiger partial charge in [0.05, 0.1) is 0 Å². The van der Waals surface area contributed by atoms with E-state index < -0.39 is 29.6 Å². The van der Waals surface area contributed by atoms with Crippen LogP contribution in [0.5, 0.6) is 0 Å². The zero-order chi connectivity index (χ0) is 16.6. The molecule has 2 N–H and O–H groups in total. The molecule has 3 rings (SSSR count). The minimum atomic E-state index is -1.71. The molecule has 1 saturated heterocycles. The summed E-state index contributed by atoms with van der Waals surface area (Å²) < 4.78 is 4.49. The third-order valence-electron chi connectivity index (χ3n) is 4.18. The van der Waals surface area contributed by atoms with E-state index >= 15 is 0 Å². The molecule has 3 unspecified atom stereocenters. The van der Waals surface area contributed by atoms with Gasteiger partial charge < -0.3 is 14.9 Å². The highest BCUT2D eigenvalue weighted by Crippen LogP contribution is 2.37. The lowest BCUT2D eigenvalue weighted by Crippen LogP contribution is -2.41. The molecule has 5 nitrogen and oxygen atoms in total. The molecule has 1 aliphatic rings. The SMILES string of the molecule is CC(O)(c1ccc(-c2ccccc2)cc1)C1C(=O)C(=O)OC1O. The fourth-order valence-electron chi connectivity index (χ4n) is 2.84. The quantitative estimate of drug-likeness (QED) is 0.664. The van der Waals surface area contributed by atoms with Gasteiger partial charge in [-0.05, 0) is 23.6 Å². The Morgan fingerprint density at radius 2 is 1.52 bits per heavy atom. The molecule has 0 aromatic heterocycles. The van der Waals surface area contributed by atoms with E-state index in [1.165, 1.54) is 6.92 Å². The van der Waals surface area contributed by atoms with E-state index in [-0.39, 0.29) is 0 Å². The average Bonchev–Trinajstić information content (AvgIpc) is 2.81. The number of ketones is 1. The monoisotopic (exact) mass is 312 g/mol. The molecule has 0 spiro atoms. The molecule has 0 bridgehead atoms. The van der Waals surface area contributed by atoms with Crippen molar-refractivity contribution in [3.63, 3.8) is 0 Å². The largest absolute Gasteiger partial charge is 0.429 e. The highest BCUT2D eigenvalue weighted by atomic mass is 16.6. The number of hydrogen-bond donors (Lipinski definition) is 2. The Morgan fingerprint density at radius 3 is 2.04 bits per heavy atom. The molecule has 118 valence electrons. The number of esters is 1. The van der Waals surface area contributed by atoms with E-state index in [1.54, 1.807) is 12.1 Å². The van der Waals surface area contributed by atoms with Gasteiger partial charge in [-0.25, -0.2) is 4.79 Å². The Bertz CT molecular complexity index is 734. The molecule has 2 aromatic carbocycles. The number of rotatable bonds is 3. The highest BCUT2D eigenvalue weighted by molar-refractivity contribution is 6.36. The molecular weight excluding hydrogens is 296 g/mol. The number of cyclic esters (lactones) is 1. The standard InChI is InChI=1S/C18H16O5/c1-18(22,14-15(19)17(21)23-16(14)20)13-9-7-12(8-10-13)11-5-3-2-4-6-11/h2-10,14,16,20,22H,1H3. The molecule has 0 saturated carbocycles. The van der Waals surface area contributed by atoms with Crippen LogP contribution in [-0.4, -0.2) is 28.3 Å². The predicted octanol–water partition coefficient (Wildman–Crippen LogP) is 1.62. The first kappa shape index (κ1) is 15.4. The maximum Gasteiger partial charge on any atom is 0.377 e. The summed E-state index contributed by atoms with van der Waals surface area (Å²) in [6.45, 7) is 1.39. The van der Waals surface area contributed by atoms with Crippen LogP contribution >= 0.6 is 0 Å². The smallest absolute Gasteiger partial charge is 0.377 e. The summed E-state index contributed by atoms with van der Waals surface area (Å²) in [7, 11) is 0. The van der Waals surface area contributed by atoms with E-state index in [0.717, 1.165) is 11.1 Å². The van der Waals surface area contributed by atoms with E-state index in [4.69, 9.17) is 0 Å². The van der Waals surface area contributed by atoms with Gasteiger partial charge in [0.1, 0.15) is 11.5 Å². The van der Waals surface area contributed by atoms with Gasteiger partial charge in [-0.15, -0.1) is 0 Å². The van der Waals surface area contributed by atoms with Crippen molar-refractivity contribution in [2.45, 2.75) is 18.8 Å². The number of carbonyl (C=O) groups is 2. The zero-order valence-electron chi connectivity index (χ0n) is 12.5. The zero-order valence-corrected chi connectivity index (χ0v) is 12.5. The summed E-state index contributed by atoms with van der Waals surface area (Å²) in [6.07, 6.45) is -1.64. The molecule has 23 heavy (non-hydrogen) atoms. The molecule has 0 amide bonds. The molecule has 2 aromatic rings. The lowest BCUT2D eigenvalue weighted by atomic mass is 9.80. The molecule has 1 heterocycles. The van der Waals surface area contributed by atoms with E-state index in [1.807, 2.05) is 42.5 Å². The molecule has 3 atom stereocenters. The molecule has 5 heteroatoms. The fraction of sp³-hybridized carbons (Fsp3) is 0.222. The van der Waals surface area contributed by atoms with Gasteiger partial charge in [0.2, 0.25) is 6.29 Å². The van der Waals surface area contributed by atoms with Gasteiger partial charge >= 0.3 is 5.97 Å². The van der Waals surface area contributed by atoms with E-state index in [0.29, 0.717) is 5.56 Å². The van der Waals surface area contributed by atoms with Gasteiger partial charge in [-0.1, -0.05) is 54.6 Å². The summed E-state index contributed by atoms with van der Waals surface area (Å²) in [6, 6.07) is 16.7. The van der Waals surface area contributed by atoms with Gasteiger partial charge in [-0.2, -0.15) is 0 Å². The summed E-state index contributed by atoms with van der Waals surface area (Å²) >= 11 is 0. The van der Waals surface area contributed by atoms with E-state index in [2.05, 4.69) is 4.74 Å². The molecule has 0 aliphatic carbocycles. The Balaban J connectivity index is 1.92. The number of aliphatic hydroxyl groups excluding tert-OH is 1. The summed E-state index contributed by atoms with van der Waals surface area (Å²) in [4.78, 5) is 23.1. The second kappa shape index (κ2) is 5.61. The van der Waals surface area contributed by atoms with Crippen LogP contribution in [0.15, 0.2) is 54.6 Å². The predicted molar refractivity (Wildman–Crippen MR) is 82.0 cm³/mol. The number of benzene rings is 2. The van der Waals surface area contributed by atoms with Crippen molar-refractivity contribution in [2.24, 2.45) is 5.92 Å². The van der Waals surface area contributed by atoms with Crippen LogP contribution < -0.4 is 0 Å². The van der Waals surface area contributed by atoms with Crippen LogP contribution in [0.4, 0.5) is 0 Å². The van der Waals surface area contributed by atoms with Crippen LogP contribution in [0.3, 0.4) is 0 Å². The molecule has 1 aliphatic heterocycles. The number of aliphatic hydroxyl groups is 2. The maximum atomic E-state index is 11.8. The topological polar surface area (TPSA) is 83.8 Å². The minimum Gasteiger partial charge on any atom is -0.429 e. The lowest BCUT2D eigenvalue weighted by molar-refractivity contribution is -0.164. The average molecular weight is 312 g/mol. The van der Waals surface area contributed by atoms with Crippen LogP contribution in [-0.2, 0) is 19.9 Å². The first-order chi connectivity index (χ1) is 10.9. The number of Topliss-reactive ketones (excluding diaryl/α,β-unsaturated/α-hetero) is 1. The van der Waals surface area contributed by atoms with Crippen molar-refractivity contribution in [3.8, 4) is 11.1 Å². The van der Waals surface area contributed by atoms with Crippen LogP contribution in [0, 0.1) is 5.92 Å². The van der Waals surface area contributed by atoms with Gasteiger partial charge in [-0.3, -0.25) is 4.79 Å². The van der Waals surface area contributed by atoms with Gasteiger partial charge in [0, 0.05) is 0 Å². The van der Waals surface area contributed by atoms with Crippen molar-refractivity contribution in [1.29, 1.82) is 0 Å². The number of hydrogen-bond acceptors (Lipinski definition) is 5. The highest BCUT2D eigenvalue weighted by Gasteiger charge is 2.53. The summed E-state index contributed by atoms with van der Waals surface area (Å²) in [5, 5.41) is 20.4. The third kappa shape index (κ3) is 2.65. The normalized spacial score (nSPS) is 23.4. The molecular formula is C18H16O5. The van der Waals surface area contributed by atoms with Crippen LogP contribution in [0.2, 0.25) is 0 Å². The first-order valence-corrected chi connectivity index (χ1v) is 7.22. The number of ether oxygens (including phenoxy) is 1. The van der Waals surface area contributed by atoms with Crippen molar-refractivity contribution in [2.75, 3.05) is 0 Å². The summed E-state index contributed by atoms with van der Waals surface area (Å²) in [5.41, 5.74) is 0.690. The van der Waals surface area contributed by atoms with Gasteiger partial charge in [0.15, 0.2) is 0 Å². The van der Waals surface area contributed by atoms with Crippen LogP contribution in [0.1, 0.15) is 12.5 Å². The number of carbonyl (C=O) groups excluding carboxylic acids is 2.